The monoisotopic (exact) mass is 317 g/mol. The number of benzene rings is 1. The minimum atomic E-state index is -3.55. The molecule has 2 amide bonds. The summed E-state index contributed by atoms with van der Waals surface area (Å²) in [5.74, 6) is 0. The lowest BCUT2D eigenvalue weighted by molar-refractivity contribution is 0.174. The first kappa shape index (κ1) is 15.1. The number of nitrogens with zero attached hydrogens (tertiary/aromatic N) is 2. The summed E-state index contributed by atoms with van der Waals surface area (Å²) in [6, 6.07) is 6.00. The Hall–Kier alpha value is -1.31. The Bertz CT molecular complexity index is 598. The van der Waals surface area contributed by atoms with Crippen LogP contribution in [0, 0.1) is 0 Å². The molecule has 1 aliphatic rings. The van der Waals surface area contributed by atoms with Crippen LogP contribution in [0.3, 0.4) is 0 Å². The highest BCUT2D eigenvalue weighted by atomic mass is 35.5. The zero-order chi connectivity index (χ0) is 14.8. The SMILES string of the molecule is CNC(=O)N1CCN(S(=O)(=O)c2cccc(Cl)c2)CC1. The third kappa shape index (κ3) is 3.05. The molecule has 110 valence electrons. The van der Waals surface area contributed by atoms with Crippen LogP contribution in [0.1, 0.15) is 0 Å². The highest BCUT2D eigenvalue weighted by molar-refractivity contribution is 7.89. The second-order valence-electron chi connectivity index (χ2n) is 4.40. The molecule has 1 aliphatic heterocycles. The van der Waals surface area contributed by atoms with E-state index >= 15 is 0 Å². The molecular formula is C12H16ClN3O3S. The Morgan fingerprint density at radius 1 is 1.25 bits per heavy atom. The molecule has 2 rings (SSSR count). The van der Waals surface area contributed by atoms with Crippen molar-refractivity contribution < 1.29 is 13.2 Å². The molecule has 1 aromatic rings. The predicted molar refractivity (Wildman–Crippen MR) is 76.2 cm³/mol. The summed E-state index contributed by atoms with van der Waals surface area (Å²) < 4.78 is 26.2. The van der Waals surface area contributed by atoms with Crippen molar-refractivity contribution in [3.63, 3.8) is 0 Å². The maximum absolute atomic E-state index is 12.4. The van der Waals surface area contributed by atoms with Gasteiger partial charge in [0.25, 0.3) is 0 Å². The van der Waals surface area contributed by atoms with E-state index in [-0.39, 0.29) is 24.0 Å². The molecule has 0 bridgehead atoms. The Balaban J connectivity index is 2.11. The first-order valence-corrected chi connectivity index (χ1v) is 7.99. The molecule has 0 radical (unpaired) electrons. The molecule has 1 fully saturated rings. The van der Waals surface area contributed by atoms with E-state index in [1.54, 1.807) is 24.1 Å². The first-order valence-electron chi connectivity index (χ1n) is 6.17. The average Bonchev–Trinajstić information content (AvgIpc) is 2.46. The summed E-state index contributed by atoms with van der Waals surface area (Å²) in [6.45, 7) is 1.31. The minimum Gasteiger partial charge on any atom is -0.341 e. The zero-order valence-corrected chi connectivity index (χ0v) is 12.6. The number of carbonyl (C=O) groups excluding carboxylic acids is 1. The molecule has 20 heavy (non-hydrogen) atoms. The van der Waals surface area contributed by atoms with Crippen LogP contribution >= 0.6 is 11.6 Å². The molecule has 1 aromatic carbocycles. The van der Waals surface area contributed by atoms with Crippen molar-refractivity contribution in [3.05, 3.63) is 29.3 Å². The van der Waals surface area contributed by atoms with E-state index in [0.717, 1.165) is 0 Å². The van der Waals surface area contributed by atoms with Gasteiger partial charge in [0.2, 0.25) is 10.0 Å². The van der Waals surface area contributed by atoms with Gasteiger partial charge >= 0.3 is 6.03 Å². The fourth-order valence-corrected chi connectivity index (χ4v) is 3.79. The topological polar surface area (TPSA) is 69.7 Å². The van der Waals surface area contributed by atoms with Crippen molar-refractivity contribution >= 4 is 27.7 Å². The van der Waals surface area contributed by atoms with Crippen LogP contribution < -0.4 is 5.32 Å². The fraction of sp³-hybridized carbons (Fsp3) is 0.417. The van der Waals surface area contributed by atoms with Crippen molar-refractivity contribution in [2.75, 3.05) is 33.2 Å². The van der Waals surface area contributed by atoms with Crippen LogP contribution in [-0.2, 0) is 10.0 Å². The fourth-order valence-electron chi connectivity index (χ4n) is 2.07. The second-order valence-corrected chi connectivity index (χ2v) is 6.78. The Kier molecular flexibility index (Phi) is 4.52. The van der Waals surface area contributed by atoms with Gasteiger partial charge in [-0.3, -0.25) is 0 Å². The van der Waals surface area contributed by atoms with E-state index in [2.05, 4.69) is 5.32 Å². The van der Waals surface area contributed by atoms with Crippen LogP contribution in [0.15, 0.2) is 29.2 Å². The second kappa shape index (κ2) is 5.99. The summed E-state index contributed by atoms with van der Waals surface area (Å²) in [4.78, 5) is 13.2. The molecule has 0 atom stereocenters. The maximum atomic E-state index is 12.4. The van der Waals surface area contributed by atoms with E-state index in [1.165, 1.54) is 16.4 Å². The lowest BCUT2D eigenvalue weighted by Gasteiger charge is -2.33. The third-order valence-electron chi connectivity index (χ3n) is 3.17. The van der Waals surface area contributed by atoms with Gasteiger partial charge in [-0.1, -0.05) is 17.7 Å². The standard InChI is InChI=1S/C12H16ClN3O3S/c1-14-12(17)15-5-7-16(8-6-15)20(18,19)11-4-2-3-10(13)9-11/h2-4,9H,5-8H2,1H3,(H,14,17). The predicted octanol–water partition coefficient (Wildman–Crippen LogP) is 0.986. The number of piperazine rings is 1. The number of nitrogens with one attached hydrogen (secondary N) is 1. The van der Waals surface area contributed by atoms with Crippen LogP contribution in [0.2, 0.25) is 5.02 Å². The molecule has 0 aliphatic carbocycles. The Morgan fingerprint density at radius 2 is 1.90 bits per heavy atom. The molecule has 0 unspecified atom stereocenters. The molecule has 1 saturated heterocycles. The van der Waals surface area contributed by atoms with Gasteiger partial charge in [0.15, 0.2) is 0 Å². The van der Waals surface area contributed by atoms with Gasteiger partial charge in [-0.05, 0) is 18.2 Å². The highest BCUT2D eigenvalue weighted by Crippen LogP contribution is 2.20. The van der Waals surface area contributed by atoms with Crippen molar-refractivity contribution in [3.8, 4) is 0 Å². The van der Waals surface area contributed by atoms with Gasteiger partial charge in [0.1, 0.15) is 0 Å². The van der Waals surface area contributed by atoms with Gasteiger partial charge in [-0.2, -0.15) is 4.31 Å². The van der Waals surface area contributed by atoms with Gasteiger partial charge in [0.05, 0.1) is 4.90 Å². The number of hydrogen-bond donors (Lipinski definition) is 1. The van der Waals surface area contributed by atoms with Crippen molar-refractivity contribution in [2.24, 2.45) is 0 Å². The number of hydrogen-bond acceptors (Lipinski definition) is 3. The molecule has 1 N–H and O–H groups in total. The quantitative estimate of drug-likeness (QED) is 0.884. The normalized spacial score (nSPS) is 17.0. The van der Waals surface area contributed by atoms with Crippen molar-refractivity contribution in [1.82, 2.24) is 14.5 Å². The minimum absolute atomic E-state index is 0.179. The lowest BCUT2D eigenvalue weighted by Crippen LogP contribution is -2.52. The van der Waals surface area contributed by atoms with Crippen LogP contribution in [0.4, 0.5) is 4.79 Å². The Morgan fingerprint density at radius 3 is 2.45 bits per heavy atom. The number of rotatable bonds is 2. The number of urea groups is 1. The summed E-state index contributed by atoms with van der Waals surface area (Å²) >= 11 is 5.83. The van der Waals surface area contributed by atoms with Gasteiger partial charge < -0.3 is 10.2 Å². The van der Waals surface area contributed by atoms with Gasteiger partial charge in [-0.25, -0.2) is 13.2 Å². The zero-order valence-electron chi connectivity index (χ0n) is 11.0. The summed E-state index contributed by atoms with van der Waals surface area (Å²) in [6.07, 6.45) is 0. The molecular weight excluding hydrogens is 302 g/mol. The number of halogens is 1. The molecule has 1 heterocycles. The first-order chi connectivity index (χ1) is 9.45. The summed E-state index contributed by atoms with van der Waals surface area (Å²) in [7, 11) is -2.00. The van der Waals surface area contributed by atoms with Crippen LogP contribution in [-0.4, -0.2) is 56.9 Å². The van der Waals surface area contributed by atoms with Gasteiger partial charge in [0, 0.05) is 38.2 Å². The smallest absolute Gasteiger partial charge is 0.317 e. The van der Waals surface area contributed by atoms with E-state index in [9.17, 15) is 13.2 Å². The van der Waals surface area contributed by atoms with Crippen molar-refractivity contribution in [1.29, 1.82) is 0 Å². The summed E-state index contributed by atoms with van der Waals surface area (Å²) in [5.41, 5.74) is 0. The Labute approximate surface area is 123 Å². The number of amides is 2. The van der Waals surface area contributed by atoms with Crippen LogP contribution in [0.5, 0.6) is 0 Å². The van der Waals surface area contributed by atoms with E-state index < -0.39 is 10.0 Å². The largest absolute Gasteiger partial charge is 0.341 e. The molecule has 0 spiro atoms. The number of sulfonamides is 1. The van der Waals surface area contributed by atoms with Crippen molar-refractivity contribution in [2.45, 2.75) is 4.90 Å². The lowest BCUT2D eigenvalue weighted by atomic mass is 10.4. The third-order valence-corrected chi connectivity index (χ3v) is 5.30. The van der Waals surface area contributed by atoms with E-state index in [0.29, 0.717) is 18.1 Å². The molecule has 0 aromatic heterocycles. The molecule has 6 nitrogen and oxygen atoms in total. The molecule has 0 saturated carbocycles. The highest BCUT2D eigenvalue weighted by Gasteiger charge is 2.29. The van der Waals surface area contributed by atoms with E-state index in [1.807, 2.05) is 0 Å². The maximum Gasteiger partial charge on any atom is 0.317 e. The number of carbonyl (C=O) groups is 1. The van der Waals surface area contributed by atoms with Crippen LogP contribution in [0.25, 0.3) is 0 Å². The summed E-state index contributed by atoms with van der Waals surface area (Å²) in [5, 5.41) is 2.91. The average molecular weight is 318 g/mol. The molecule has 8 heteroatoms. The van der Waals surface area contributed by atoms with E-state index in [4.69, 9.17) is 11.6 Å². The van der Waals surface area contributed by atoms with Gasteiger partial charge in [-0.15, -0.1) is 0 Å².